The number of aliphatic carboxylic acids is 1. The van der Waals surface area contributed by atoms with Crippen LogP contribution in [-0.4, -0.2) is 34.4 Å². The van der Waals surface area contributed by atoms with Gasteiger partial charge in [-0.05, 0) is 25.2 Å². The maximum Gasteiger partial charge on any atom is 0.307 e. The van der Waals surface area contributed by atoms with Gasteiger partial charge in [-0.2, -0.15) is 4.98 Å². The van der Waals surface area contributed by atoms with Crippen molar-refractivity contribution in [3.63, 3.8) is 0 Å². The second-order valence-electron chi connectivity index (χ2n) is 5.48. The van der Waals surface area contributed by atoms with Crippen LogP contribution < -0.4 is 0 Å². The Bertz CT molecular complexity index is 505. The van der Waals surface area contributed by atoms with Gasteiger partial charge in [0.1, 0.15) is 0 Å². The lowest BCUT2D eigenvalue weighted by Crippen LogP contribution is -2.23. The number of ether oxygens (including phenoxy) is 1. The zero-order valence-corrected chi connectivity index (χ0v) is 11.2. The third kappa shape index (κ3) is 2.75. The Morgan fingerprint density at radius 1 is 1.40 bits per heavy atom. The minimum atomic E-state index is -0.803. The van der Waals surface area contributed by atoms with E-state index >= 15 is 0 Å². The van der Waals surface area contributed by atoms with Gasteiger partial charge in [0.05, 0.1) is 11.8 Å². The highest BCUT2D eigenvalue weighted by molar-refractivity contribution is 5.71. The first-order valence-corrected chi connectivity index (χ1v) is 7.02. The summed E-state index contributed by atoms with van der Waals surface area (Å²) in [7, 11) is 0. The largest absolute Gasteiger partial charge is 0.481 e. The first kappa shape index (κ1) is 13.3. The number of nitrogens with zero attached hydrogens (tertiary/aromatic N) is 2. The van der Waals surface area contributed by atoms with Crippen molar-refractivity contribution >= 4 is 5.97 Å². The van der Waals surface area contributed by atoms with Crippen molar-refractivity contribution in [2.45, 2.75) is 31.6 Å². The number of aromatic nitrogens is 2. The van der Waals surface area contributed by atoms with Gasteiger partial charge in [-0.15, -0.1) is 0 Å². The topological polar surface area (TPSA) is 85.5 Å². The Kier molecular flexibility index (Phi) is 3.82. The second kappa shape index (κ2) is 5.75. The standard InChI is InChI=1S/C14H18N2O4/c17-14(18)11-4-2-1-3-10(11)13-15-12(16-20-13)7-9-5-6-19-8-9/h1-2,9-11H,3-8H2,(H,17,18)/t9?,10-,11+/m1/s1. The van der Waals surface area contributed by atoms with Crippen LogP contribution in [-0.2, 0) is 16.0 Å². The van der Waals surface area contributed by atoms with E-state index in [2.05, 4.69) is 10.1 Å². The molecule has 0 bridgehead atoms. The van der Waals surface area contributed by atoms with Crippen LogP contribution in [0.4, 0.5) is 0 Å². The van der Waals surface area contributed by atoms with Crippen LogP contribution in [0.1, 0.15) is 36.9 Å². The van der Waals surface area contributed by atoms with Crippen molar-refractivity contribution < 1.29 is 19.2 Å². The lowest BCUT2D eigenvalue weighted by Gasteiger charge is -2.21. The Morgan fingerprint density at radius 3 is 3.00 bits per heavy atom. The Hall–Kier alpha value is -1.69. The molecule has 0 radical (unpaired) electrons. The number of rotatable bonds is 4. The smallest absolute Gasteiger partial charge is 0.307 e. The molecule has 6 heteroatoms. The fraction of sp³-hybridized carbons (Fsp3) is 0.643. The molecule has 2 heterocycles. The van der Waals surface area contributed by atoms with E-state index in [-0.39, 0.29) is 5.92 Å². The Labute approximate surface area is 116 Å². The summed E-state index contributed by atoms with van der Waals surface area (Å²) >= 11 is 0. The maximum atomic E-state index is 11.3. The molecule has 1 aliphatic heterocycles. The van der Waals surface area contributed by atoms with Crippen LogP contribution in [0.3, 0.4) is 0 Å². The molecule has 1 aromatic rings. The molecule has 0 amide bonds. The normalized spacial score (nSPS) is 29.7. The zero-order valence-electron chi connectivity index (χ0n) is 11.2. The minimum absolute atomic E-state index is 0.210. The van der Waals surface area contributed by atoms with Crippen LogP contribution in [0.5, 0.6) is 0 Å². The van der Waals surface area contributed by atoms with Gasteiger partial charge < -0.3 is 14.4 Å². The average molecular weight is 278 g/mol. The molecule has 0 spiro atoms. The summed E-state index contributed by atoms with van der Waals surface area (Å²) in [5.41, 5.74) is 0. The average Bonchev–Trinajstić information content (AvgIpc) is 3.11. The lowest BCUT2D eigenvalue weighted by atomic mass is 9.83. The van der Waals surface area contributed by atoms with Crippen molar-refractivity contribution in [3.8, 4) is 0 Å². The molecule has 0 aromatic carbocycles. The van der Waals surface area contributed by atoms with Gasteiger partial charge in [-0.3, -0.25) is 4.79 Å². The van der Waals surface area contributed by atoms with Gasteiger partial charge in [-0.25, -0.2) is 0 Å². The van der Waals surface area contributed by atoms with Crippen molar-refractivity contribution in [3.05, 3.63) is 23.9 Å². The van der Waals surface area contributed by atoms with E-state index in [4.69, 9.17) is 9.26 Å². The molecule has 1 unspecified atom stereocenters. The molecule has 1 fully saturated rings. The van der Waals surface area contributed by atoms with Crippen LogP contribution >= 0.6 is 0 Å². The summed E-state index contributed by atoms with van der Waals surface area (Å²) in [6.45, 7) is 1.54. The monoisotopic (exact) mass is 278 g/mol. The summed E-state index contributed by atoms with van der Waals surface area (Å²) in [4.78, 5) is 15.7. The fourth-order valence-electron chi connectivity index (χ4n) is 2.86. The SMILES string of the molecule is O=C(O)[C@H]1CC=CC[C@H]1c1nc(CC2CCOC2)no1. The van der Waals surface area contributed by atoms with E-state index in [1.807, 2.05) is 12.2 Å². The molecule has 108 valence electrons. The highest BCUT2D eigenvalue weighted by Crippen LogP contribution is 2.34. The molecule has 1 aliphatic carbocycles. The third-order valence-corrected chi connectivity index (χ3v) is 4.05. The van der Waals surface area contributed by atoms with Gasteiger partial charge in [-0.1, -0.05) is 17.3 Å². The highest BCUT2D eigenvalue weighted by atomic mass is 16.5. The van der Waals surface area contributed by atoms with Gasteiger partial charge in [0.2, 0.25) is 5.89 Å². The highest BCUT2D eigenvalue weighted by Gasteiger charge is 2.34. The van der Waals surface area contributed by atoms with E-state index in [0.29, 0.717) is 30.5 Å². The van der Waals surface area contributed by atoms with Gasteiger partial charge in [0, 0.05) is 19.6 Å². The molecular formula is C14H18N2O4. The van der Waals surface area contributed by atoms with E-state index in [1.54, 1.807) is 0 Å². The van der Waals surface area contributed by atoms with E-state index in [0.717, 1.165) is 26.1 Å². The zero-order chi connectivity index (χ0) is 13.9. The predicted molar refractivity (Wildman–Crippen MR) is 69.2 cm³/mol. The lowest BCUT2D eigenvalue weighted by molar-refractivity contribution is -0.142. The van der Waals surface area contributed by atoms with Gasteiger partial charge in [0.25, 0.3) is 0 Å². The van der Waals surface area contributed by atoms with Crippen molar-refractivity contribution in [2.24, 2.45) is 11.8 Å². The second-order valence-corrected chi connectivity index (χ2v) is 5.48. The van der Waals surface area contributed by atoms with Crippen molar-refractivity contribution in [1.29, 1.82) is 0 Å². The number of carboxylic acid groups (broad SMARTS) is 1. The quantitative estimate of drug-likeness (QED) is 0.845. The van der Waals surface area contributed by atoms with Crippen LogP contribution in [0, 0.1) is 11.8 Å². The molecule has 6 nitrogen and oxygen atoms in total. The van der Waals surface area contributed by atoms with E-state index in [1.165, 1.54) is 0 Å². The fourth-order valence-corrected chi connectivity index (χ4v) is 2.86. The van der Waals surface area contributed by atoms with Crippen LogP contribution in [0.25, 0.3) is 0 Å². The number of carbonyl (C=O) groups is 1. The Balaban J connectivity index is 1.71. The van der Waals surface area contributed by atoms with E-state index in [9.17, 15) is 9.90 Å². The first-order valence-electron chi connectivity index (χ1n) is 7.02. The molecule has 3 rings (SSSR count). The van der Waals surface area contributed by atoms with E-state index < -0.39 is 11.9 Å². The number of hydrogen-bond donors (Lipinski definition) is 1. The summed E-state index contributed by atoms with van der Waals surface area (Å²) in [5.74, 6) is 0.0804. The molecule has 1 saturated heterocycles. The molecule has 2 aliphatic rings. The summed E-state index contributed by atoms with van der Waals surface area (Å²) in [5, 5.41) is 13.3. The predicted octanol–water partition coefficient (Wildman–Crippen LogP) is 1.78. The third-order valence-electron chi connectivity index (χ3n) is 4.05. The molecule has 1 N–H and O–H groups in total. The summed E-state index contributed by atoms with van der Waals surface area (Å²) in [6, 6.07) is 0. The molecule has 20 heavy (non-hydrogen) atoms. The van der Waals surface area contributed by atoms with Crippen molar-refractivity contribution in [2.75, 3.05) is 13.2 Å². The van der Waals surface area contributed by atoms with Gasteiger partial charge in [0.15, 0.2) is 5.82 Å². The van der Waals surface area contributed by atoms with Crippen LogP contribution in [0.2, 0.25) is 0 Å². The number of hydrogen-bond acceptors (Lipinski definition) is 5. The van der Waals surface area contributed by atoms with Crippen LogP contribution in [0.15, 0.2) is 16.7 Å². The van der Waals surface area contributed by atoms with Crippen molar-refractivity contribution in [1.82, 2.24) is 10.1 Å². The molecule has 0 saturated carbocycles. The Morgan fingerprint density at radius 2 is 2.25 bits per heavy atom. The number of carboxylic acids is 1. The molecule has 3 atom stereocenters. The van der Waals surface area contributed by atoms with Gasteiger partial charge >= 0.3 is 5.97 Å². The first-order chi connectivity index (χ1) is 9.74. The summed E-state index contributed by atoms with van der Waals surface area (Å²) in [6.07, 6.45) is 6.82. The maximum absolute atomic E-state index is 11.3. The minimum Gasteiger partial charge on any atom is -0.481 e. The molecular weight excluding hydrogens is 260 g/mol. The summed E-state index contributed by atoms with van der Waals surface area (Å²) < 4.78 is 10.6. The number of allylic oxidation sites excluding steroid dienone is 2. The molecule has 1 aromatic heterocycles.